The number of hydrogen-bond acceptors (Lipinski definition) is 4. The van der Waals surface area contributed by atoms with Gasteiger partial charge in [0.25, 0.3) is 0 Å². The van der Waals surface area contributed by atoms with Crippen molar-refractivity contribution < 1.29 is 14.3 Å². The molecule has 1 unspecified atom stereocenters. The smallest absolute Gasteiger partial charge is 0.309 e. The second-order valence-corrected chi connectivity index (χ2v) is 5.22. The molecule has 98 valence electrons. The molecule has 0 aromatic heterocycles. The maximum atomic E-state index is 11.8. The number of nitrogens with two attached hydrogens (primary N) is 1. The van der Waals surface area contributed by atoms with Gasteiger partial charge in [0.05, 0.1) is 12.0 Å². The summed E-state index contributed by atoms with van der Waals surface area (Å²) in [5.41, 5.74) is 5.63. The van der Waals surface area contributed by atoms with Crippen molar-refractivity contribution in [2.45, 2.75) is 44.6 Å². The Labute approximate surface area is 103 Å². The van der Waals surface area contributed by atoms with Gasteiger partial charge in [0.1, 0.15) is 6.61 Å². The number of rotatable bonds is 4. The highest BCUT2D eigenvalue weighted by atomic mass is 16.6. The van der Waals surface area contributed by atoms with Crippen molar-refractivity contribution in [2.75, 3.05) is 19.8 Å². The van der Waals surface area contributed by atoms with Crippen LogP contribution in [0.2, 0.25) is 0 Å². The summed E-state index contributed by atoms with van der Waals surface area (Å²) in [7, 11) is 0. The van der Waals surface area contributed by atoms with Gasteiger partial charge in [0.15, 0.2) is 0 Å². The van der Waals surface area contributed by atoms with Gasteiger partial charge in [-0.3, -0.25) is 4.79 Å². The second kappa shape index (κ2) is 6.36. The van der Waals surface area contributed by atoms with Crippen molar-refractivity contribution in [3.63, 3.8) is 0 Å². The van der Waals surface area contributed by atoms with E-state index in [0.717, 1.165) is 51.7 Å². The molecule has 2 aliphatic rings. The number of carbonyl (C=O) groups is 1. The van der Waals surface area contributed by atoms with Gasteiger partial charge < -0.3 is 15.2 Å². The Kier molecular flexibility index (Phi) is 4.80. The van der Waals surface area contributed by atoms with Crippen LogP contribution in [0.15, 0.2) is 0 Å². The highest BCUT2D eigenvalue weighted by molar-refractivity contribution is 5.72. The van der Waals surface area contributed by atoms with Crippen LogP contribution in [0, 0.1) is 11.8 Å². The van der Waals surface area contributed by atoms with Gasteiger partial charge in [-0.25, -0.2) is 0 Å². The molecule has 0 aromatic rings. The lowest BCUT2D eigenvalue weighted by Crippen LogP contribution is -2.28. The summed E-state index contributed by atoms with van der Waals surface area (Å²) < 4.78 is 10.8. The third kappa shape index (κ3) is 3.68. The molecule has 1 saturated heterocycles. The molecule has 0 aromatic carbocycles. The van der Waals surface area contributed by atoms with E-state index in [1.54, 1.807) is 0 Å². The topological polar surface area (TPSA) is 61.6 Å². The molecule has 0 radical (unpaired) electrons. The zero-order chi connectivity index (χ0) is 12.1. The van der Waals surface area contributed by atoms with Crippen LogP contribution in [0.1, 0.15) is 38.5 Å². The van der Waals surface area contributed by atoms with Gasteiger partial charge >= 0.3 is 5.97 Å². The molecule has 4 nitrogen and oxygen atoms in total. The molecule has 4 heteroatoms. The lowest BCUT2D eigenvalue weighted by Gasteiger charge is -2.26. The van der Waals surface area contributed by atoms with Crippen LogP contribution in [0.3, 0.4) is 0 Å². The van der Waals surface area contributed by atoms with Crippen LogP contribution in [0.25, 0.3) is 0 Å². The summed E-state index contributed by atoms with van der Waals surface area (Å²) in [5.74, 6) is 0.674. The summed E-state index contributed by atoms with van der Waals surface area (Å²) in [6.07, 6.45) is 6.25. The van der Waals surface area contributed by atoms with Crippen molar-refractivity contribution in [1.29, 1.82) is 0 Å². The normalized spacial score (nSPS) is 33.6. The van der Waals surface area contributed by atoms with Gasteiger partial charge in [-0.2, -0.15) is 0 Å². The van der Waals surface area contributed by atoms with Crippen molar-refractivity contribution in [2.24, 2.45) is 17.6 Å². The zero-order valence-electron chi connectivity index (χ0n) is 10.4. The molecule has 1 atom stereocenters. The minimum Gasteiger partial charge on any atom is -0.463 e. The summed E-state index contributed by atoms with van der Waals surface area (Å²) >= 11 is 0. The van der Waals surface area contributed by atoms with Crippen LogP contribution in [-0.2, 0) is 14.3 Å². The fraction of sp³-hybridized carbons (Fsp3) is 0.923. The largest absolute Gasteiger partial charge is 0.463 e. The van der Waals surface area contributed by atoms with Crippen LogP contribution in [0.4, 0.5) is 0 Å². The van der Waals surface area contributed by atoms with Crippen LogP contribution in [-0.4, -0.2) is 31.8 Å². The van der Waals surface area contributed by atoms with E-state index < -0.39 is 0 Å². The lowest BCUT2D eigenvalue weighted by atomic mass is 9.82. The third-order valence-corrected chi connectivity index (χ3v) is 3.95. The van der Waals surface area contributed by atoms with Crippen molar-refractivity contribution >= 4 is 5.97 Å². The highest BCUT2D eigenvalue weighted by Gasteiger charge is 2.27. The SMILES string of the molecule is NCC1CCC(C(=O)OCC2CCCO2)CC1. The minimum absolute atomic E-state index is 0.0315. The Morgan fingerprint density at radius 2 is 2.00 bits per heavy atom. The molecule has 1 heterocycles. The summed E-state index contributed by atoms with van der Waals surface area (Å²) in [6.45, 7) is 2.00. The van der Waals surface area contributed by atoms with Crippen molar-refractivity contribution in [3.05, 3.63) is 0 Å². The molecular formula is C13H23NO3. The first kappa shape index (κ1) is 12.8. The monoisotopic (exact) mass is 241 g/mol. The molecule has 1 aliphatic heterocycles. The lowest BCUT2D eigenvalue weighted by molar-refractivity contribution is -0.153. The molecule has 1 aliphatic carbocycles. The van der Waals surface area contributed by atoms with Crippen LogP contribution >= 0.6 is 0 Å². The molecule has 2 N–H and O–H groups in total. The van der Waals surface area contributed by atoms with Gasteiger partial charge in [0, 0.05) is 6.61 Å². The van der Waals surface area contributed by atoms with E-state index in [0.29, 0.717) is 12.5 Å². The van der Waals surface area contributed by atoms with E-state index in [-0.39, 0.29) is 18.0 Å². The number of hydrogen-bond donors (Lipinski definition) is 1. The van der Waals surface area contributed by atoms with Crippen LogP contribution < -0.4 is 5.73 Å². The van der Waals surface area contributed by atoms with E-state index in [2.05, 4.69) is 0 Å². The first-order valence-corrected chi connectivity index (χ1v) is 6.78. The van der Waals surface area contributed by atoms with Crippen LogP contribution in [0.5, 0.6) is 0 Å². The average Bonchev–Trinajstić information content (AvgIpc) is 2.89. The summed E-state index contributed by atoms with van der Waals surface area (Å²) in [6, 6.07) is 0. The molecule has 2 rings (SSSR count). The van der Waals surface area contributed by atoms with E-state index in [9.17, 15) is 4.79 Å². The molecular weight excluding hydrogens is 218 g/mol. The predicted octanol–water partition coefficient (Wildman–Crippen LogP) is 1.47. The predicted molar refractivity (Wildman–Crippen MR) is 64.4 cm³/mol. The van der Waals surface area contributed by atoms with E-state index in [4.69, 9.17) is 15.2 Å². The first-order valence-electron chi connectivity index (χ1n) is 6.78. The zero-order valence-corrected chi connectivity index (χ0v) is 10.4. The van der Waals surface area contributed by atoms with Gasteiger partial charge in [-0.15, -0.1) is 0 Å². The van der Waals surface area contributed by atoms with Gasteiger partial charge in [-0.05, 0) is 51.0 Å². The molecule has 0 bridgehead atoms. The first-order chi connectivity index (χ1) is 8.29. The summed E-state index contributed by atoms with van der Waals surface area (Å²) in [4.78, 5) is 11.8. The molecule has 1 saturated carbocycles. The quantitative estimate of drug-likeness (QED) is 0.757. The Bertz CT molecular complexity index is 243. The third-order valence-electron chi connectivity index (χ3n) is 3.95. The standard InChI is InChI=1S/C13H23NO3/c14-8-10-3-5-11(6-4-10)13(15)17-9-12-2-1-7-16-12/h10-12H,1-9,14H2. The average molecular weight is 241 g/mol. The number of ether oxygens (including phenoxy) is 2. The maximum absolute atomic E-state index is 11.8. The summed E-state index contributed by atoms with van der Waals surface area (Å²) in [5, 5.41) is 0. The minimum atomic E-state index is -0.0315. The fourth-order valence-electron chi connectivity index (χ4n) is 2.70. The van der Waals surface area contributed by atoms with E-state index in [1.807, 2.05) is 0 Å². The Morgan fingerprint density at radius 1 is 1.24 bits per heavy atom. The Hall–Kier alpha value is -0.610. The Morgan fingerprint density at radius 3 is 2.59 bits per heavy atom. The number of esters is 1. The fourth-order valence-corrected chi connectivity index (χ4v) is 2.70. The van der Waals surface area contributed by atoms with E-state index in [1.165, 1.54) is 0 Å². The molecule has 17 heavy (non-hydrogen) atoms. The molecule has 0 amide bonds. The molecule has 2 fully saturated rings. The molecule has 0 spiro atoms. The Balaban J connectivity index is 1.66. The highest BCUT2D eigenvalue weighted by Crippen LogP contribution is 2.29. The number of carbonyl (C=O) groups excluding carboxylic acids is 1. The van der Waals surface area contributed by atoms with Crippen molar-refractivity contribution in [1.82, 2.24) is 0 Å². The van der Waals surface area contributed by atoms with Gasteiger partial charge in [-0.1, -0.05) is 0 Å². The van der Waals surface area contributed by atoms with E-state index >= 15 is 0 Å². The maximum Gasteiger partial charge on any atom is 0.309 e. The van der Waals surface area contributed by atoms with Gasteiger partial charge in [0.2, 0.25) is 0 Å². The second-order valence-electron chi connectivity index (χ2n) is 5.22. The van der Waals surface area contributed by atoms with Crippen molar-refractivity contribution in [3.8, 4) is 0 Å².